The number of rotatable bonds is 2. The standard InChI is InChI=1S/C17H15BrClN3/c18-13-7-3-6-12(10-13)14-15-16(19)20-8-9-22(15)17(21-14)11-4-1-2-5-11/h3,6-11H,1-2,4-5H2. The van der Waals surface area contributed by atoms with Gasteiger partial charge in [-0.05, 0) is 25.0 Å². The molecule has 0 N–H and O–H groups in total. The zero-order valence-electron chi connectivity index (χ0n) is 12.0. The molecule has 0 amide bonds. The van der Waals surface area contributed by atoms with E-state index in [0.29, 0.717) is 11.1 Å². The zero-order chi connectivity index (χ0) is 15.1. The number of aromatic nitrogens is 3. The quantitative estimate of drug-likeness (QED) is 0.593. The highest BCUT2D eigenvalue weighted by Gasteiger charge is 2.25. The number of benzene rings is 1. The molecule has 2 aromatic heterocycles. The highest BCUT2D eigenvalue weighted by Crippen LogP contribution is 2.38. The lowest BCUT2D eigenvalue weighted by Gasteiger charge is -2.07. The van der Waals surface area contributed by atoms with Crippen molar-refractivity contribution in [3.05, 3.63) is 52.1 Å². The SMILES string of the molecule is Clc1nccn2c(C3CCCC3)nc(-c3cccc(Br)c3)c12. The summed E-state index contributed by atoms with van der Waals surface area (Å²) in [5, 5.41) is 0.509. The summed E-state index contributed by atoms with van der Waals surface area (Å²) in [5.74, 6) is 1.64. The average Bonchev–Trinajstić information content (AvgIpc) is 3.15. The van der Waals surface area contributed by atoms with Gasteiger partial charge in [-0.3, -0.25) is 4.40 Å². The molecule has 0 atom stereocenters. The largest absolute Gasteiger partial charge is 0.299 e. The molecule has 0 aliphatic heterocycles. The second-order valence-electron chi connectivity index (χ2n) is 5.75. The van der Waals surface area contributed by atoms with Crippen LogP contribution in [0, 0.1) is 0 Å². The second kappa shape index (κ2) is 5.67. The maximum atomic E-state index is 6.39. The van der Waals surface area contributed by atoms with E-state index in [1.807, 2.05) is 18.3 Å². The Balaban J connectivity index is 1.98. The maximum absolute atomic E-state index is 6.39. The van der Waals surface area contributed by atoms with Crippen LogP contribution >= 0.6 is 27.5 Å². The lowest BCUT2D eigenvalue weighted by Crippen LogP contribution is -2.00. The van der Waals surface area contributed by atoms with Gasteiger partial charge in [0.05, 0.1) is 5.69 Å². The third-order valence-corrected chi connectivity index (χ3v) is 5.13. The summed E-state index contributed by atoms with van der Waals surface area (Å²) in [5.41, 5.74) is 2.89. The van der Waals surface area contributed by atoms with Crippen LogP contribution in [-0.2, 0) is 0 Å². The number of halogens is 2. The van der Waals surface area contributed by atoms with Gasteiger partial charge in [0.25, 0.3) is 0 Å². The van der Waals surface area contributed by atoms with Gasteiger partial charge < -0.3 is 0 Å². The van der Waals surface area contributed by atoms with Gasteiger partial charge >= 0.3 is 0 Å². The molecule has 0 spiro atoms. The van der Waals surface area contributed by atoms with E-state index in [0.717, 1.165) is 27.1 Å². The van der Waals surface area contributed by atoms with E-state index >= 15 is 0 Å². The van der Waals surface area contributed by atoms with Crippen molar-refractivity contribution in [3.63, 3.8) is 0 Å². The van der Waals surface area contributed by atoms with Crippen molar-refractivity contribution in [3.8, 4) is 11.3 Å². The van der Waals surface area contributed by atoms with Crippen LogP contribution in [-0.4, -0.2) is 14.4 Å². The van der Waals surface area contributed by atoms with Crippen molar-refractivity contribution in [1.29, 1.82) is 0 Å². The number of nitrogens with zero attached hydrogens (tertiary/aromatic N) is 3. The molecular formula is C17H15BrClN3. The summed E-state index contributed by atoms with van der Waals surface area (Å²) in [6.45, 7) is 0. The lowest BCUT2D eigenvalue weighted by atomic mass is 10.1. The normalized spacial score (nSPS) is 15.7. The molecule has 2 heterocycles. The molecule has 0 radical (unpaired) electrons. The van der Waals surface area contributed by atoms with Crippen molar-refractivity contribution < 1.29 is 0 Å². The Bertz CT molecular complexity index is 837. The molecule has 0 bridgehead atoms. The summed E-state index contributed by atoms with van der Waals surface area (Å²) in [4.78, 5) is 9.21. The van der Waals surface area contributed by atoms with E-state index in [1.165, 1.54) is 25.7 Å². The van der Waals surface area contributed by atoms with Crippen LogP contribution in [0.3, 0.4) is 0 Å². The van der Waals surface area contributed by atoms with Crippen molar-refractivity contribution in [2.45, 2.75) is 31.6 Å². The highest BCUT2D eigenvalue weighted by molar-refractivity contribution is 9.10. The maximum Gasteiger partial charge on any atom is 0.155 e. The first kappa shape index (κ1) is 14.2. The zero-order valence-corrected chi connectivity index (χ0v) is 14.3. The fraction of sp³-hybridized carbons (Fsp3) is 0.294. The van der Waals surface area contributed by atoms with Gasteiger partial charge in [-0.2, -0.15) is 0 Å². The second-order valence-corrected chi connectivity index (χ2v) is 7.02. The molecule has 3 nitrogen and oxygen atoms in total. The molecule has 3 aromatic rings. The van der Waals surface area contributed by atoms with E-state index in [4.69, 9.17) is 16.6 Å². The molecular weight excluding hydrogens is 362 g/mol. The minimum atomic E-state index is 0.509. The van der Waals surface area contributed by atoms with Gasteiger partial charge in [0, 0.05) is 28.3 Å². The van der Waals surface area contributed by atoms with Crippen LogP contribution in [0.15, 0.2) is 41.1 Å². The summed E-state index contributed by atoms with van der Waals surface area (Å²) >= 11 is 9.92. The molecule has 5 heteroatoms. The van der Waals surface area contributed by atoms with Crippen molar-refractivity contribution >= 4 is 33.0 Å². The Hall–Kier alpha value is -1.39. The van der Waals surface area contributed by atoms with Gasteiger partial charge in [0.1, 0.15) is 11.3 Å². The van der Waals surface area contributed by atoms with Crippen LogP contribution in [0.4, 0.5) is 0 Å². The number of hydrogen-bond acceptors (Lipinski definition) is 2. The smallest absolute Gasteiger partial charge is 0.155 e. The first-order chi connectivity index (χ1) is 10.7. The molecule has 4 rings (SSSR count). The highest BCUT2D eigenvalue weighted by atomic mass is 79.9. The van der Waals surface area contributed by atoms with Crippen LogP contribution in [0.2, 0.25) is 5.15 Å². The first-order valence-electron chi connectivity index (χ1n) is 7.52. The van der Waals surface area contributed by atoms with Gasteiger partial charge in [0.15, 0.2) is 5.15 Å². The lowest BCUT2D eigenvalue weighted by molar-refractivity contribution is 0.665. The predicted octanol–water partition coefficient (Wildman–Crippen LogP) is 5.47. The Labute approximate surface area is 142 Å². The van der Waals surface area contributed by atoms with Crippen LogP contribution < -0.4 is 0 Å². The summed E-state index contributed by atoms with van der Waals surface area (Å²) in [6, 6.07) is 8.17. The number of fused-ring (bicyclic) bond motifs is 1. The average molecular weight is 377 g/mol. The summed E-state index contributed by atoms with van der Waals surface area (Å²) in [7, 11) is 0. The van der Waals surface area contributed by atoms with Crippen LogP contribution in [0.25, 0.3) is 16.8 Å². The minimum absolute atomic E-state index is 0.509. The molecule has 0 unspecified atom stereocenters. The summed E-state index contributed by atoms with van der Waals surface area (Å²) < 4.78 is 3.16. The minimum Gasteiger partial charge on any atom is -0.299 e. The molecule has 1 aromatic carbocycles. The molecule has 1 aliphatic carbocycles. The Morgan fingerprint density at radius 2 is 2.05 bits per heavy atom. The van der Waals surface area contributed by atoms with Crippen LogP contribution in [0.5, 0.6) is 0 Å². The first-order valence-corrected chi connectivity index (χ1v) is 8.69. The number of hydrogen-bond donors (Lipinski definition) is 0. The third-order valence-electron chi connectivity index (χ3n) is 4.36. The van der Waals surface area contributed by atoms with Crippen molar-refractivity contribution in [2.75, 3.05) is 0 Å². The monoisotopic (exact) mass is 375 g/mol. The van der Waals surface area contributed by atoms with Gasteiger partial charge in [-0.15, -0.1) is 0 Å². The van der Waals surface area contributed by atoms with Crippen molar-refractivity contribution in [2.24, 2.45) is 0 Å². The fourth-order valence-corrected chi connectivity index (χ4v) is 3.97. The van der Waals surface area contributed by atoms with Gasteiger partial charge in [0.2, 0.25) is 0 Å². The molecule has 22 heavy (non-hydrogen) atoms. The molecule has 1 saturated carbocycles. The molecule has 1 fully saturated rings. The molecule has 0 saturated heterocycles. The third kappa shape index (κ3) is 2.34. The molecule has 112 valence electrons. The number of imidazole rings is 1. The topological polar surface area (TPSA) is 30.2 Å². The Morgan fingerprint density at radius 1 is 1.23 bits per heavy atom. The van der Waals surface area contributed by atoms with Crippen LogP contribution in [0.1, 0.15) is 37.4 Å². The Morgan fingerprint density at radius 3 is 2.82 bits per heavy atom. The van der Waals surface area contributed by atoms with E-state index in [2.05, 4.69) is 37.4 Å². The van der Waals surface area contributed by atoms with Gasteiger partial charge in [-0.25, -0.2) is 9.97 Å². The van der Waals surface area contributed by atoms with Gasteiger partial charge in [-0.1, -0.05) is 52.5 Å². The molecule has 1 aliphatic rings. The fourth-order valence-electron chi connectivity index (χ4n) is 3.33. The van der Waals surface area contributed by atoms with E-state index in [1.54, 1.807) is 6.20 Å². The Kier molecular flexibility index (Phi) is 3.66. The predicted molar refractivity (Wildman–Crippen MR) is 92.3 cm³/mol. The van der Waals surface area contributed by atoms with E-state index in [9.17, 15) is 0 Å². The summed E-state index contributed by atoms with van der Waals surface area (Å²) in [6.07, 6.45) is 8.70. The van der Waals surface area contributed by atoms with E-state index < -0.39 is 0 Å². The van der Waals surface area contributed by atoms with E-state index in [-0.39, 0.29) is 0 Å². The van der Waals surface area contributed by atoms with Crippen molar-refractivity contribution in [1.82, 2.24) is 14.4 Å².